The van der Waals surface area contributed by atoms with Crippen LogP contribution in [0.15, 0.2) is 35.9 Å². The summed E-state index contributed by atoms with van der Waals surface area (Å²) in [5, 5.41) is 14.4. The Labute approximate surface area is 159 Å². The Morgan fingerprint density at radius 1 is 1.15 bits per heavy atom. The molecule has 2 aromatic carbocycles. The third kappa shape index (κ3) is 4.22. The van der Waals surface area contributed by atoms with Crippen LogP contribution in [0.3, 0.4) is 0 Å². The van der Waals surface area contributed by atoms with Crippen molar-refractivity contribution in [2.24, 2.45) is 0 Å². The molecule has 0 aliphatic heterocycles. The van der Waals surface area contributed by atoms with Gasteiger partial charge in [0.05, 0.1) is 14.2 Å². The predicted molar refractivity (Wildman–Crippen MR) is 106 cm³/mol. The second kappa shape index (κ2) is 8.59. The van der Waals surface area contributed by atoms with Crippen molar-refractivity contribution in [1.29, 1.82) is 5.26 Å². The molecule has 0 spiro atoms. The van der Waals surface area contributed by atoms with Crippen LogP contribution >= 0.6 is 0 Å². The molecule has 2 aromatic rings. The van der Waals surface area contributed by atoms with Gasteiger partial charge in [0, 0.05) is 11.6 Å². The van der Waals surface area contributed by atoms with Crippen molar-refractivity contribution in [2.45, 2.75) is 38.1 Å². The highest BCUT2D eigenvalue weighted by atomic mass is 16.5. The normalized spacial score (nSPS) is 15.2. The fourth-order valence-electron chi connectivity index (χ4n) is 3.56. The molecule has 0 heterocycles. The summed E-state index contributed by atoms with van der Waals surface area (Å²) in [6, 6.07) is 11.7. The lowest BCUT2D eigenvalue weighted by Gasteiger charge is -2.22. The molecular formula is C22H24N2O3. The number of benzene rings is 2. The lowest BCUT2D eigenvalue weighted by molar-refractivity contribution is -0.117. The summed E-state index contributed by atoms with van der Waals surface area (Å²) in [5.41, 5.74) is 0.776. The van der Waals surface area contributed by atoms with E-state index in [4.69, 9.17) is 9.47 Å². The molecule has 3 rings (SSSR count). The molecule has 1 N–H and O–H groups in total. The second-order valence-corrected chi connectivity index (χ2v) is 6.75. The van der Waals surface area contributed by atoms with Crippen LogP contribution in [-0.4, -0.2) is 26.2 Å². The van der Waals surface area contributed by atoms with Gasteiger partial charge in [-0.2, -0.15) is 5.26 Å². The van der Waals surface area contributed by atoms with E-state index in [1.165, 1.54) is 6.42 Å². The van der Waals surface area contributed by atoms with Crippen molar-refractivity contribution >= 4 is 22.8 Å². The first-order valence-corrected chi connectivity index (χ1v) is 9.23. The van der Waals surface area contributed by atoms with Gasteiger partial charge >= 0.3 is 0 Å². The molecule has 0 saturated heterocycles. The van der Waals surface area contributed by atoms with E-state index in [0.29, 0.717) is 17.1 Å². The Morgan fingerprint density at radius 3 is 2.56 bits per heavy atom. The molecule has 5 heteroatoms. The number of hydrogen-bond acceptors (Lipinski definition) is 4. The van der Waals surface area contributed by atoms with E-state index < -0.39 is 0 Å². The number of amides is 1. The monoisotopic (exact) mass is 364 g/mol. The molecule has 0 radical (unpaired) electrons. The third-order valence-electron chi connectivity index (χ3n) is 5.04. The van der Waals surface area contributed by atoms with E-state index in [-0.39, 0.29) is 17.5 Å². The summed E-state index contributed by atoms with van der Waals surface area (Å²) < 4.78 is 10.8. The van der Waals surface area contributed by atoms with Crippen molar-refractivity contribution in [3.8, 4) is 17.6 Å². The maximum atomic E-state index is 12.6. The Bertz CT molecular complexity index is 900. The Kier molecular flexibility index (Phi) is 5.97. The number of nitriles is 1. The van der Waals surface area contributed by atoms with E-state index in [1.54, 1.807) is 20.3 Å². The topological polar surface area (TPSA) is 71.3 Å². The number of fused-ring (bicyclic) bond motifs is 1. The molecule has 0 unspecified atom stereocenters. The van der Waals surface area contributed by atoms with Crippen LogP contribution in [0.5, 0.6) is 11.5 Å². The van der Waals surface area contributed by atoms with E-state index in [9.17, 15) is 10.1 Å². The highest BCUT2D eigenvalue weighted by Crippen LogP contribution is 2.32. The first-order valence-electron chi connectivity index (χ1n) is 9.23. The van der Waals surface area contributed by atoms with Crippen LogP contribution in [0.4, 0.5) is 0 Å². The Balaban J connectivity index is 2.00. The maximum Gasteiger partial charge on any atom is 0.262 e. The zero-order valence-electron chi connectivity index (χ0n) is 15.7. The van der Waals surface area contributed by atoms with Gasteiger partial charge in [0.2, 0.25) is 0 Å². The SMILES string of the molecule is COc1ccc2ccc(OC)c(/C=C(/C#N)C(=O)NC3CCCCC3)c2c1. The number of nitrogens with one attached hydrogen (secondary N) is 1. The summed E-state index contributed by atoms with van der Waals surface area (Å²) in [6.07, 6.45) is 7.00. The summed E-state index contributed by atoms with van der Waals surface area (Å²) in [4.78, 5) is 12.6. The van der Waals surface area contributed by atoms with Crippen LogP contribution < -0.4 is 14.8 Å². The Hall–Kier alpha value is -3.00. The van der Waals surface area contributed by atoms with Gasteiger partial charge in [-0.25, -0.2) is 0 Å². The molecule has 1 aliphatic carbocycles. The highest BCUT2D eigenvalue weighted by Gasteiger charge is 2.19. The summed E-state index contributed by atoms with van der Waals surface area (Å²) >= 11 is 0. The average molecular weight is 364 g/mol. The number of ether oxygens (including phenoxy) is 2. The molecular weight excluding hydrogens is 340 g/mol. The Morgan fingerprint density at radius 2 is 1.89 bits per heavy atom. The average Bonchev–Trinajstić information content (AvgIpc) is 2.71. The standard InChI is InChI=1S/C22H24N2O3/c1-26-18-10-8-15-9-11-21(27-2)20(19(15)13-18)12-16(14-23)22(25)24-17-6-4-3-5-7-17/h8-13,17H,3-7H2,1-2H3,(H,24,25)/b16-12-. The zero-order valence-corrected chi connectivity index (χ0v) is 15.7. The minimum absolute atomic E-state index is 0.0780. The fourth-order valence-corrected chi connectivity index (χ4v) is 3.56. The van der Waals surface area contributed by atoms with E-state index in [0.717, 1.165) is 36.5 Å². The number of methoxy groups -OCH3 is 2. The molecule has 1 fully saturated rings. The number of rotatable bonds is 5. The summed E-state index contributed by atoms with van der Waals surface area (Å²) in [7, 11) is 3.18. The number of hydrogen-bond donors (Lipinski definition) is 1. The van der Waals surface area contributed by atoms with Crippen LogP contribution in [-0.2, 0) is 4.79 Å². The molecule has 1 amide bonds. The molecule has 0 bridgehead atoms. The lowest BCUT2D eigenvalue weighted by Crippen LogP contribution is -2.36. The van der Waals surface area contributed by atoms with Gasteiger partial charge < -0.3 is 14.8 Å². The summed E-state index contributed by atoms with van der Waals surface area (Å²) in [6.45, 7) is 0. The molecule has 1 aliphatic rings. The smallest absolute Gasteiger partial charge is 0.262 e. The zero-order chi connectivity index (χ0) is 19.2. The van der Waals surface area contributed by atoms with Crippen molar-refractivity contribution in [1.82, 2.24) is 5.32 Å². The largest absolute Gasteiger partial charge is 0.497 e. The van der Waals surface area contributed by atoms with Gasteiger partial charge in [-0.15, -0.1) is 0 Å². The second-order valence-electron chi connectivity index (χ2n) is 6.75. The van der Waals surface area contributed by atoms with E-state index >= 15 is 0 Å². The van der Waals surface area contributed by atoms with E-state index in [1.807, 2.05) is 36.4 Å². The molecule has 5 nitrogen and oxygen atoms in total. The van der Waals surface area contributed by atoms with Gasteiger partial charge in [-0.3, -0.25) is 4.79 Å². The van der Waals surface area contributed by atoms with Gasteiger partial charge in [0.25, 0.3) is 5.91 Å². The van der Waals surface area contributed by atoms with Crippen molar-refractivity contribution < 1.29 is 14.3 Å². The van der Waals surface area contributed by atoms with Gasteiger partial charge in [-0.05, 0) is 47.9 Å². The lowest BCUT2D eigenvalue weighted by atomic mass is 9.95. The van der Waals surface area contributed by atoms with Gasteiger partial charge in [0.1, 0.15) is 23.1 Å². The van der Waals surface area contributed by atoms with Crippen molar-refractivity contribution in [3.05, 3.63) is 41.5 Å². The number of carbonyl (C=O) groups is 1. The fraction of sp³-hybridized carbons (Fsp3) is 0.364. The third-order valence-corrected chi connectivity index (χ3v) is 5.04. The van der Waals surface area contributed by atoms with Gasteiger partial charge in [0.15, 0.2) is 0 Å². The van der Waals surface area contributed by atoms with Crippen LogP contribution in [0.2, 0.25) is 0 Å². The molecule has 0 atom stereocenters. The minimum atomic E-state index is -0.327. The molecule has 27 heavy (non-hydrogen) atoms. The number of carbonyl (C=O) groups excluding carboxylic acids is 1. The minimum Gasteiger partial charge on any atom is -0.497 e. The van der Waals surface area contributed by atoms with Crippen LogP contribution in [0, 0.1) is 11.3 Å². The maximum absolute atomic E-state index is 12.6. The molecule has 0 aromatic heterocycles. The first kappa shape index (κ1) is 18.8. The predicted octanol–water partition coefficient (Wildman–Crippen LogP) is 4.21. The molecule has 140 valence electrons. The van der Waals surface area contributed by atoms with Crippen molar-refractivity contribution in [3.63, 3.8) is 0 Å². The van der Waals surface area contributed by atoms with E-state index in [2.05, 4.69) is 5.32 Å². The van der Waals surface area contributed by atoms with Crippen LogP contribution in [0.1, 0.15) is 37.7 Å². The summed E-state index contributed by atoms with van der Waals surface area (Å²) in [5.74, 6) is 0.982. The van der Waals surface area contributed by atoms with Gasteiger partial charge in [-0.1, -0.05) is 31.4 Å². The quantitative estimate of drug-likeness (QED) is 0.637. The van der Waals surface area contributed by atoms with Crippen LogP contribution in [0.25, 0.3) is 16.8 Å². The molecule has 1 saturated carbocycles. The highest BCUT2D eigenvalue weighted by molar-refractivity contribution is 6.05. The number of nitrogens with zero attached hydrogens (tertiary/aromatic N) is 1. The van der Waals surface area contributed by atoms with Crippen molar-refractivity contribution in [2.75, 3.05) is 14.2 Å². The first-order chi connectivity index (χ1) is 13.2.